The Morgan fingerprint density at radius 2 is 1.77 bits per heavy atom. The molecule has 0 aromatic heterocycles. The molecule has 0 saturated heterocycles. The average molecular weight is 376 g/mol. The monoisotopic (exact) mass is 376 g/mol. The summed E-state index contributed by atoms with van der Waals surface area (Å²) in [5.41, 5.74) is 2.34. The summed E-state index contributed by atoms with van der Waals surface area (Å²) < 4.78 is 39.1. The number of rotatable bonds is 5. The number of amides is 1. The van der Waals surface area contributed by atoms with Gasteiger partial charge in [-0.15, -0.1) is 0 Å². The van der Waals surface area contributed by atoms with Crippen molar-refractivity contribution < 1.29 is 17.6 Å². The highest BCUT2D eigenvalue weighted by Gasteiger charge is 2.30. The SMILES string of the molecule is CN(C(=O)CN(C)S(=O)(=O)c1ccc(F)cc1)C1CCc2ccccc21. The van der Waals surface area contributed by atoms with Crippen molar-refractivity contribution in [3.63, 3.8) is 0 Å². The first-order valence-electron chi connectivity index (χ1n) is 8.36. The largest absolute Gasteiger partial charge is 0.338 e. The van der Waals surface area contributed by atoms with Crippen LogP contribution in [0.1, 0.15) is 23.6 Å². The highest BCUT2D eigenvalue weighted by Crippen LogP contribution is 2.34. The van der Waals surface area contributed by atoms with Crippen LogP contribution in [0.3, 0.4) is 0 Å². The number of fused-ring (bicyclic) bond motifs is 1. The molecule has 0 bridgehead atoms. The second-order valence-electron chi connectivity index (χ2n) is 6.47. The van der Waals surface area contributed by atoms with Crippen molar-refractivity contribution in [2.45, 2.75) is 23.8 Å². The Balaban J connectivity index is 1.72. The van der Waals surface area contributed by atoms with Gasteiger partial charge in [0.1, 0.15) is 5.82 Å². The van der Waals surface area contributed by atoms with Crippen LogP contribution in [0.15, 0.2) is 53.4 Å². The molecule has 5 nitrogen and oxygen atoms in total. The van der Waals surface area contributed by atoms with E-state index in [-0.39, 0.29) is 23.4 Å². The van der Waals surface area contributed by atoms with Gasteiger partial charge in [-0.2, -0.15) is 4.31 Å². The van der Waals surface area contributed by atoms with Crippen molar-refractivity contribution in [1.29, 1.82) is 0 Å². The van der Waals surface area contributed by atoms with Crippen LogP contribution in [0, 0.1) is 5.82 Å². The number of halogens is 1. The summed E-state index contributed by atoms with van der Waals surface area (Å²) in [4.78, 5) is 14.2. The molecule has 26 heavy (non-hydrogen) atoms. The number of sulfonamides is 1. The van der Waals surface area contributed by atoms with Crippen molar-refractivity contribution >= 4 is 15.9 Å². The zero-order valence-corrected chi connectivity index (χ0v) is 15.5. The maximum absolute atomic E-state index is 13.0. The van der Waals surface area contributed by atoms with Gasteiger partial charge in [0.2, 0.25) is 15.9 Å². The summed E-state index contributed by atoms with van der Waals surface area (Å²) in [6.07, 6.45) is 1.73. The molecule has 0 fully saturated rings. The van der Waals surface area contributed by atoms with E-state index in [9.17, 15) is 17.6 Å². The lowest BCUT2D eigenvalue weighted by atomic mass is 10.1. The minimum absolute atomic E-state index is 0.0388. The van der Waals surface area contributed by atoms with Crippen molar-refractivity contribution in [3.05, 3.63) is 65.5 Å². The van der Waals surface area contributed by atoms with E-state index in [0.717, 1.165) is 34.8 Å². The minimum Gasteiger partial charge on any atom is -0.338 e. The fraction of sp³-hybridized carbons (Fsp3) is 0.316. The zero-order chi connectivity index (χ0) is 18.9. The van der Waals surface area contributed by atoms with Crippen LogP contribution in [0.25, 0.3) is 0 Å². The Morgan fingerprint density at radius 3 is 2.46 bits per heavy atom. The fourth-order valence-electron chi connectivity index (χ4n) is 3.28. The first-order valence-corrected chi connectivity index (χ1v) is 9.80. The van der Waals surface area contributed by atoms with Crippen LogP contribution < -0.4 is 0 Å². The van der Waals surface area contributed by atoms with E-state index in [1.165, 1.54) is 24.7 Å². The normalized spacial score (nSPS) is 16.5. The van der Waals surface area contributed by atoms with E-state index < -0.39 is 15.8 Å². The molecule has 138 valence electrons. The summed E-state index contributed by atoms with van der Waals surface area (Å²) in [7, 11) is -0.793. The van der Waals surface area contributed by atoms with Crippen LogP contribution in [0.5, 0.6) is 0 Å². The van der Waals surface area contributed by atoms with Crippen LogP contribution in [0.2, 0.25) is 0 Å². The Morgan fingerprint density at radius 1 is 1.12 bits per heavy atom. The molecule has 0 spiro atoms. The van der Waals surface area contributed by atoms with Crippen LogP contribution in [0.4, 0.5) is 4.39 Å². The first kappa shape index (κ1) is 18.5. The van der Waals surface area contributed by atoms with E-state index in [1.54, 1.807) is 11.9 Å². The average Bonchev–Trinajstić information content (AvgIpc) is 3.05. The molecule has 0 radical (unpaired) electrons. The second-order valence-corrected chi connectivity index (χ2v) is 8.52. The van der Waals surface area contributed by atoms with Crippen LogP contribution >= 0.6 is 0 Å². The number of hydrogen-bond donors (Lipinski definition) is 0. The number of carbonyl (C=O) groups excluding carboxylic acids is 1. The molecule has 0 saturated carbocycles. The molecule has 1 amide bonds. The molecule has 1 aliphatic rings. The van der Waals surface area contributed by atoms with E-state index in [0.29, 0.717) is 0 Å². The quantitative estimate of drug-likeness (QED) is 0.806. The number of carbonyl (C=O) groups is 1. The maximum Gasteiger partial charge on any atom is 0.243 e. The smallest absolute Gasteiger partial charge is 0.243 e. The summed E-state index contributed by atoms with van der Waals surface area (Å²) in [5.74, 6) is -0.790. The molecule has 2 aromatic carbocycles. The maximum atomic E-state index is 13.0. The van der Waals surface area contributed by atoms with E-state index in [1.807, 2.05) is 18.2 Å². The van der Waals surface area contributed by atoms with Gasteiger partial charge >= 0.3 is 0 Å². The summed E-state index contributed by atoms with van der Waals surface area (Å²) in [6.45, 7) is -0.269. The number of aryl methyl sites for hydroxylation is 1. The summed E-state index contributed by atoms with van der Waals surface area (Å²) in [6, 6.07) is 12.5. The van der Waals surface area contributed by atoms with Gasteiger partial charge in [0.25, 0.3) is 0 Å². The van der Waals surface area contributed by atoms with E-state index in [4.69, 9.17) is 0 Å². The fourth-order valence-corrected chi connectivity index (χ4v) is 4.40. The first-order chi connectivity index (χ1) is 12.3. The zero-order valence-electron chi connectivity index (χ0n) is 14.7. The molecule has 1 aliphatic carbocycles. The van der Waals surface area contributed by atoms with Crippen molar-refractivity contribution in [2.75, 3.05) is 20.6 Å². The lowest BCUT2D eigenvalue weighted by Gasteiger charge is -2.27. The molecule has 0 heterocycles. The van der Waals surface area contributed by atoms with Gasteiger partial charge in [-0.3, -0.25) is 4.79 Å². The van der Waals surface area contributed by atoms with Crippen LogP contribution in [-0.2, 0) is 21.2 Å². The highest BCUT2D eigenvalue weighted by atomic mass is 32.2. The van der Waals surface area contributed by atoms with Gasteiger partial charge in [0.15, 0.2) is 0 Å². The molecule has 0 N–H and O–H groups in total. The Labute approximate surface area is 153 Å². The van der Waals surface area contributed by atoms with Gasteiger partial charge < -0.3 is 4.90 Å². The highest BCUT2D eigenvalue weighted by molar-refractivity contribution is 7.89. The topological polar surface area (TPSA) is 57.7 Å². The molecule has 1 atom stereocenters. The molecular formula is C19H21FN2O3S. The van der Waals surface area contributed by atoms with Gasteiger partial charge in [-0.25, -0.2) is 12.8 Å². The number of likely N-dealkylation sites (N-methyl/N-ethyl adjacent to an activating group) is 2. The van der Waals surface area contributed by atoms with Gasteiger partial charge in [0, 0.05) is 14.1 Å². The van der Waals surface area contributed by atoms with Gasteiger partial charge in [0.05, 0.1) is 17.5 Å². The molecule has 0 aliphatic heterocycles. The van der Waals surface area contributed by atoms with E-state index in [2.05, 4.69) is 6.07 Å². The number of nitrogens with zero attached hydrogens (tertiary/aromatic N) is 2. The summed E-state index contributed by atoms with van der Waals surface area (Å²) in [5, 5.41) is 0. The van der Waals surface area contributed by atoms with Crippen molar-refractivity contribution in [2.24, 2.45) is 0 Å². The minimum atomic E-state index is -3.85. The summed E-state index contributed by atoms with van der Waals surface area (Å²) >= 11 is 0. The Hall–Kier alpha value is -2.25. The van der Waals surface area contributed by atoms with Gasteiger partial charge in [-0.05, 0) is 48.2 Å². The lowest BCUT2D eigenvalue weighted by Crippen LogP contribution is -2.40. The predicted molar refractivity (Wildman–Crippen MR) is 96.5 cm³/mol. The molecule has 7 heteroatoms. The standard InChI is InChI=1S/C19H21FN2O3S/c1-21(26(24,25)16-10-8-15(20)9-11-16)13-19(23)22(2)18-12-7-14-5-3-4-6-17(14)18/h3-6,8-11,18H,7,12-13H2,1-2H3. The third kappa shape index (κ3) is 3.50. The molecule has 2 aromatic rings. The number of hydrogen-bond acceptors (Lipinski definition) is 3. The van der Waals surface area contributed by atoms with Gasteiger partial charge in [-0.1, -0.05) is 24.3 Å². The third-order valence-electron chi connectivity index (χ3n) is 4.84. The third-order valence-corrected chi connectivity index (χ3v) is 6.66. The second kappa shape index (κ2) is 7.17. The predicted octanol–water partition coefficient (Wildman–Crippen LogP) is 2.59. The van der Waals surface area contributed by atoms with Crippen LogP contribution in [-0.4, -0.2) is 44.2 Å². The van der Waals surface area contributed by atoms with E-state index >= 15 is 0 Å². The van der Waals surface area contributed by atoms with Crippen molar-refractivity contribution in [1.82, 2.24) is 9.21 Å². The Bertz CT molecular complexity index is 913. The molecule has 1 unspecified atom stereocenters. The Kier molecular flexibility index (Phi) is 5.11. The molecular weight excluding hydrogens is 355 g/mol. The van der Waals surface area contributed by atoms with Crippen molar-refractivity contribution in [3.8, 4) is 0 Å². The lowest BCUT2D eigenvalue weighted by molar-refractivity contribution is -0.132. The molecule has 3 rings (SSSR count). The number of benzene rings is 2.